The second-order valence-electron chi connectivity index (χ2n) is 7.29. The average Bonchev–Trinajstić information content (AvgIpc) is 2.80. The molecule has 4 rings (SSSR count). The quantitative estimate of drug-likeness (QED) is 0.475. The maximum absolute atomic E-state index is 14.1. The van der Waals surface area contributed by atoms with Gasteiger partial charge in [-0.2, -0.15) is 0 Å². The summed E-state index contributed by atoms with van der Waals surface area (Å²) in [5.41, 5.74) is 0.855. The zero-order valence-electron chi connectivity index (χ0n) is 18.1. The monoisotopic (exact) mass is 503 g/mol. The van der Waals surface area contributed by atoms with Crippen molar-refractivity contribution in [2.24, 2.45) is 0 Å². The molecule has 0 bridgehead atoms. The predicted molar refractivity (Wildman–Crippen MR) is 126 cm³/mol. The molecule has 3 aromatic rings. The summed E-state index contributed by atoms with van der Waals surface area (Å²) in [6.45, 7) is 0. The fourth-order valence-corrected chi connectivity index (χ4v) is 5.89. The Morgan fingerprint density at radius 2 is 1.71 bits per heavy atom. The number of ether oxygens (including phenoxy) is 2. The molecular formula is C24H19F2NO5S2. The summed E-state index contributed by atoms with van der Waals surface area (Å²) < 4.78 is 64.3. The lowest BCUT2D eigenvalue weighted by Gasteiger charge is -2.20. The van der Waals surface area contributed by atoms with Crippen LogP contribution in [0.5, 0.6) is 11.5 Å². The summed E-state index contributed by atoms with van der Waals surface area (Å²) in [7, 11) is -0.930. The fraction of sp³-hybridized carbons (Fsp3) is 0.125. The molecule has 0 saturated heterocycles. The number of fused-ring (bicyclic) bond motifs is 1. The summed E-state index contributed by atoms with van der Waals surface area (Å²) >= 11 is 1.000. The van der Waals surface area contributed by atoms with E-state index in [0.717, 1.165) is 23.9 Å². The number of hydrogen-bond donors (Lipinski definition) is 1. The predicted octanol–water partition coefficient (Wildman–Crippen LogP) is 5.04. The second kappa shape index (κ2) is 9.47. The highest BCUT2D eigenvalue weighted by atomic mass is 32.2. The third-order valence-corrected chi connectivity index (χ3v) is 7.84. The van der Waals surface area contributed by atoms with E-state index in [1.807, 2.05) is 0 Å². The number of hydrogen-bond acceptors (Lipinski definition) is 6. The molecule has 1 N–H and O–H groups in total. The van der Waals surface area contributed by atoms with Gasteiger partial charge in [0.1, 0.15) is 23.1 Å². The van der Waals surface area contributed by atoms with E-state index >= 15 is 0 Å². The van der Waals surface area contributed by atoms with Crippen LogP contribution in [0.15, 0.2) is 69.3 Å². The van der Waals surface area contributed by atoms with E-state index in [0.29, 0.717) is 27.6 Å². The van der Waals surface area contributed by atoms with Crippen molar-refractivity contribution in [2.45, 2.75) is 15.5 Å². The molecule has 3 aromatic carbocycles. The number of rotatable bonds is 6. The van der Waals surface area contributed by atoms with Crippen molar-refractivity contribution in [1.82, 2.24) is 0 Å². The van der Waals surface area contributed by atoms with Crippen LogP contribution in [-0.4, -0.2) is 28.5 Å². The third kappa shape index (κ3) is 4.78. The van der Waals surface area contributed by atoms with E-state index < -0.39 is 27.4 Å². The Morgan fingerprint density at radius 1 is 1.00 bits per heavy atom. The summed E-state index contributed by atoms with van der Waals surface area (Å²) in [5, 5.41) is 2.67. The molecule has 0 aliphatic carbocycles. The van der Waals surface area contributed by atoms with E-state index in [2.05, 4.69) is 5.32 Å². The maximum Gasteiger partial charge on any atom is 0.262 e. The van der Waals surface area contributed by atoms with E-state index in [9.17, 15) is 22.0 Å². The van der Waals surface area contributed by atoms with E-state index in [4.69, 9.17) is 9.47 Å². The molecule has 0 aromatic heterocycles. The van der Waals surface area contributed by atoms with Gasteiger partial charge in [0.25, 0.3) is 5.91 Å². The SMILES string of the molecule is COc1cccc(OC)c1CS(=O)(=O)c1ccc2c(c1)S/C(=C\c1ccc(F)cc1F)C(=O)N2. The first-order valence-corrected chi connectivity index (χ1v) is 12.4. The zero-order valence-corrected chi connectivity index (χ0v) is 19.7. The number of benzene rings is 3. The maximum atomic E-state index is 14.1. The molecule has 1 amide bonds. The first kappa shape index (κ1) is 23.8. The highest BCUT2D eigenvalue weighted by Gasteiger charge is 2.26. The summed E-state index contributed by atoms with van der Waals surface area (Å²) in [4.78, 5) is 13.1. The van der Waals surface area contributed by atoms with Gasteiger partial charge in [0.05, 0.1) is 41.0 Å². The van der Waals surface area contributed by atoms with Crippen LogP contribution in [0.25, 0.3) is 6.08 Å². The molecule has 0 unspecified atom stereocenters. The highest BCUT2D eigenvalue weighted by molar-refractivity contribution is 8.04. The van der Waals surface area contributed by atoms with Gasteiger partial charge in [-0.15, -0.1) is 0 Å². The van der Waals surface area contributed by atoms with E-state index in [1.165, 1.54) is 44.6 Å². The largest absolute Gasteiger partial charge is 0.496 e. The van der Waals surface area contributed by atoms with Crippen LogP contribution in [0.2, 0.25) is 0 Å². The van der Waals surface area contributed by atoms with Gasteiger partial charge in [0.15, 0.2) is 9.84 Å². The summed E-state index contributed by atoms with van der Waals surface area (Å²) in [5.74, 6) is -1.61. The lowest BCUT2D eigenvalue weighted by atomic mass is 10.2. The van der Waals surface area contributed by atoms with Crippen LogP contribution < -0.4 is 14.8 Å². The second-order valence-corrected chi connectivity index (χ2v) is 10.4. The molecule has 0 spiro atoms. The Morgan fingerprint density at radius 3 is 2.35 bits per heavy atom. The fourth-order valence-electron chi connectivity index (χ4n) is 3.43. The molecule has 34 heavy (non-hydrogen) atoms. The van der Waals surface area contributed by atoms with Crippen LogP contribution in [-0.2, 0) is 20.4 Å². The Bertz CT molecular complexity index is 1400. The Hall–Kier alpha value is -3.37. The molecule has 1 aliphatic rings. The smallest absolute Gasteiger partial charge is 0.262 e. The van der Waals surface area contributed by atoms with Gasteiger partial charge in [0.2, 0.25) is 0 Å². The number of nitrogens with one attached hydrogen (secondary N) is 1. The molecule has 176 valence electrons. The topological polar surface area (TPSA) is 81.7 Å². The lowest BCUT2D eigenvalue weighted by molar-refractivity contribution is -0.112. The van der Waals surface area contributed by atoms with Crippen molar-refractivity contribution in [3.8, 4) is 11.5 Å². The Labute approximate surface area is 199 Å². The van der Waals surface area contributed by atoms with Crippen LogP contribution in [0.4, 0.5) is 14.5 Å². The minimum atomic E-state index is -3.82. The van der Waals surface area contributed by atoms with E-state index in [-0.39, 0.29) is 21.1 Å². The van der Waals surface area contributed by atoms with Crippen molar-refractivity contribution in [1.29, 1.82) is 0 Å². The van der Waals surface area contributed by atoms with Gasteiger partial charge >= 0.3 is 0 Å². The van der Waals surface area contributed by atoms with Crippen LogP contribution in [0.3, 0.4) is 0 Å². The highest BCUT2D eigenvalue weighted by Crippen LogP contribution is 2.41. The van der Waals surface area contributed by atoms with E-state index in [1.54, 1.807) is 18.2 Å². The molecule has 0 saturated carbocycles. The average molecular weight is 504 g/mol. The molecule has 6 nitrogen and oxygen atoms in total. The van der Waals surface area contributed by atoms with Crippen molar-refractivity contribution in [3.05, 3.63) is 82.3 Å². The van der Waals surface area contributed by atoms with Crippen LogP contribution in [0, 0.1) is 11.6 Å². The number of carbonyl (C=O) groups excluding carboxylic acids is 1. The van der Waals surface area contributed by atoms with Gasteiger partial charge in [-0.3, -0.25) is 4.79 Å². The third-order valence-electron chi connectivity index (χ3n) is 5.12. The summed E-state index contributed by atoms with van der Waals surface area (Å²) in [6.07, 6.45) is 1.29. The molecular weight excluding hydrogens is 484 g/mol. The number of carbonyl (C=O) groups is 1. The normalized spacial score (nSPS) is 14.5. The van der Waals surface area contributed by atoms with Gasteiger partial charge in [-0.25, -0.2) is 17.2 Å². The van der Waals surface area contributed by atoms with Gasteiger partial charge in [-0.1, -0.05) is 17.8 Å². The van der Waals surface area contributed by atoms with Gasteiger partial charge in [-0.05, 0) is 48.5 Å². The van der Waals surface area contributed by atoms with Crippen LogP contribution in [0.1, 0.15) is 11.1 Å². The van der Waals surface area contributed by atoms with Crippen molar-refractivity contribution in [2.75, 3.05) is 19.5 Å². The van der Waals surface area contributed by atoms with Gasteiger partial charge < -0.3 is 14.8 Å². The number of amides is 1. The van der Waals surface area contributed by atoms with Crippen LogP contribution >= 0.6 is 11.8 Å². The molecule has 0 fully saturated rings. The number of thioether (sulfide) groups is 1. The standard InChI is InChI=1S/C24H19F2NO5S2/c1-31-20-4-3-5-21(32-2)17(20)13-34(29,30)16-8-9-19-22(12-16)33-23(24(28)27-19)10-14-6-7-15(25)11-18(14)26/h3-12H,13H2,1-2H3,(H,27,28)/b23-10-. The van der Waals surface area contributed by atoms with Gasteiger partial charge in [0, 0.05) is 16.5 Å². The molecule has 1 aliphatic heterocycles. The molecule has 10 heteroatoms. The number of methoxy groups -OCH3 is 2. The van der Waals surface area contributed by atoms with Crippen molar-refractivity contribution >= 4 is 39.3 Å². The number of halogens is 2. The first-order valence-electron chi connectivity index (χ1n) is 9.94. The Balaban J connectivity index is 1.68. The molecule has 1 heterocycles. The van der Waals surface area contributed by atoms with Crippen molar-refractivity contribution < 1.29 is 31.5 Å². The molecule has 0 atom stereocenters. The Kier molecular flexibility index (Phi) is 6.63. The number of anilines is 1. The van der Waals surface area contributed by atoms with Crippen molar-refractivity contribution in [3.63, 3.8) is 0 Å². The molecule has 0 radical (unpaired) electrons. The minimum Gasteiger partial charge on any atom is -0.496 e. The minimum absolute atomic E-state index is 0.0366. The summed E-state index contributed by atoms with van der Waals surface area (Å²) in [6, 6.07) is 12.4. The first-order chi connectivity index (χ1) is 16.2. The lowest BCUT2D eigenvalue weighted by Crippen LogP contribution is -2.18. The zero-order chi connectivity index (χ0) is 24.5. The number of sulfone groups is 1.